The molecule has 16 heavy (non-hydrogen) atoms. The van der Waals surface area contributed by atoms with Crippen molar-refractivity contribution in [1.29, 1.82) is 0 Å². The maximum absolute atomic E-state index is 11.0. The first-order valence-electron chi connectivity index (χ1n) is 4.73. The maximum atomic E-state index is 11.0. The van der Waals surface area contributed by atoms with Crippen LogP contribution in [0.25, 0.3) is 0 Å². The zero-order chi connectivity index (χ0) is 12.1. The second-order valence-electron chi connectivity index (χ2n) is 3.23. The second-order valence-corrected chi connectivity index (χ2v) is 3.64. The Kier molecular flexibility index (Phi) is 4.43. The summed E-state index contributed by atoms with van der Waals surface area (Å²) in [6.07, 6.45) is 0. The number of benzene rings is 1. The van der Waals surface area contributed by atoms with Crippen molar-refractivity contribution in [2.75, 3.05) is 26.1 Å². The summed E-state index contributed by atoms with van der Waals surface area (Å²) in [5, 5.41) is 3.52. The topological polar surface area (TPSA) is 47.6 Å². The lowest BCUT2D eigenvalue weighted by molar-refractivity contribution is -0.138. The molecule has 0 atom stereocenters. The van der Waals surface area contributed by atoms with Gasteiger partial charge in [-0.1, -0.05) is 11.6 Å². The number of ether oxygens (including phenoxy) is 2. The highest BCUT2D eigenvalue weighted by Gasteiger charge is 2.08. The van der Waals surface area contributed by atoms with Crippen LogP contribution < -0.4 is 10.1 Å². The molecule has 1 aromatic rings. The Labute approximate surface area is 99.5 Å². The van der Waals surface area contributed by atoms with Gasteiger partial charge in [0.2, 0.25) is 0 Å². The molecule has 1 N–H and O–H groups in total. The van der Waals surface area contributed by atoms with Crippen molar-refractivity contribution in [3.05, 3.63) is 22.7 Å². The van der Waals surface area contributed by atoms with E-state index in [9.17, 15) is 4.79 Å². The molecular weight excluding hydrogens is 230 g/mol. The average molecular weight is 244 g/mol. The van der Waals surface area contributed by atoms with Gasteiger partial charge in [0, 0.05) is 5.02 Å². The number of halogens is 1. The Morgan fingerprint density at radius 2 is 2.12 bits per heavy atom. The van der Waals surface area contributed by atoms with Gasteiger partial charge >= 0.3 is 5.97 Å². The Balaban J connectivity index is 2.86. The van der Waals surface area contributed by atoms with Crippen LogP contribution in [0.5, 0.6) is 5.75 Å². The predicted molar refractivity (Wildman–Crippen MR) is 63.2 cm³/mol. The molecule has 0 amide bonds. The number of esters is 1. The fourth-order valence-electron chi connectivity index (χ4n) is 1.20. The average Bonchev–Trinajstić information content (AvgIpc) is 2.29. The zero-order valence-electron chi connectivity index (χ0n) is 9.46. The van der Waals surface area contributed by atoms with Gasteiger partial charge in [-0.2, -0.15) is 0 Å². The molecule has 1 rings (SSSR count). The summed E-state index contributed by atoms with van der Waals surface area (Å²) in [5.41, 5.74) is 1.59. The summed E-state index contributed by atoms with van der Waals surface area (Å²) < 4.78 is 9.70. The highest BCUT2D eigenvalue weighted by atomic mass is 35.5. The Hall–Kier alpha value is -1.42. The van der Waals surface area contributed by atoms with Gasteiger partial charge in [-0.15, -0.1) is 0 Å². The van der Waals surface area contributed by atoms with Crippen LogP contribution >= 0.6 is 11.6 Å². The summed E-state index contributed by atoms with van der Waals surface area (Å²) in [7, 11) is 2.90. The number of anilines is 1. The van der Waals surface area contributed by atoms with Crippen molar-refractivity contribution in [2.45, 2.75) is 6.92 Å². The molecule has 0 bridgehead atoms. The molecule has 0 fully saturated rings. The van der Waals surface area contributed by atoms with Crippen LogP contribution in [0.1, 0.15) is 5.56 Å². The molecule has 0 saturated heterocycles. The second kappa shape index (κ2) is 5.61. The fourth-order valence-corrected chi connectivity index (χ4v) is 1.37. The molecule has 0 aliphatic heterocycles. The number of carbonyl (C=O) groups excluding carboxylic acids is 1. The molecule has 0 aromatic heterocycles. The molecule has 0 aliphatic carbocycles. The van der Waals surface area contributed by atoms with Gasteiger partial charge < -0.3 is 14.8 Å². The number of methoxy groups -OCH3 is 2. The van der Waals surface area contributed by atoms with Gasteiger partial charge in [-0.05, 0) is 24.6 Å². The Morgan fingerprint density at radius 3 is 2.69 bits per heavy atom. The van der Waals surface area contributed by atoms with Gasteiger partial charge in [-0.25, -0.2) is 0 Å². The highest BCUT2D eigenvalue weighted by Crippen LogP contribution is 2.30. The molecule has 0 unspecified atom stereocenters. The molecule has 1 aromatic carbocycles. The van der Waals surface area contributed by atoms with Crippen LogP contribution in [0.3, 0.4) is 0 Å². The van der Waals surface area contributed by atoms with E-state index in [1.54, 1.807) is 13.2 Å². The summed E-state index contributed by atoms with van der Waals surface area (Å²) in [6.45, 7) is 1.96. The molecule has 5 heteroatoms. The molecule has 4 nitrogen and oxygen atoms in total. The van der Waals surface area contributed by atoms with Crippen molar-refractivity contribution in [3.63, 3.8) is 0 Å². The van der Waals surface area contributed by atoms with E-state index < -0.39 is 0 Å². The minimum atomic E-state index is -0.348. The third kappa shape index (κ3) is 3.03. The molecule has 88 valence electrons. The van der Waals surface area contributed by atoms with Crippen molar-refractivity contribution >= 4 is 23.3 Å². The minimum Gasteiger partial charge on any atom is -0.495 e. The lowest BCUT2D eigenvalue weighted by Gasteiger charge is -2.12. The van der Waals surface area contributed by atoms with Crippen LogP contribution in [-0.4, -0.2) is 26.7 Å². The first-order valence-corrected chi connectivity index (χ1v) is 5.11. The normalized spacial score (nSPS) is 9.75. The van der Waals surface area contributed by atoms with Crippen molar-refractivity contribution in [3.8, 4) is 5.75 Å². The van der Waals surface area contributed by atoms with Crippen LogP contribution in [-0.2, 0) is 9.53 Å². The standard InChI is InChI=1S/C11H14ClNO3/c1-7-4-10(15-2)9(5-8(7)12)13-6-11(14)16-3/h4-5,13H,6H2,1-3H3. The van der Waals surface area contributed by atoms with Crippen molar-refractivity contribution in [1.82, 2.24) is 0 Å². The third-order valence-corrected chi connectivity index (χ3v) is 2.54. The largest absolute Gasteiger partial charge is 0.495 e. The van der Waals surface area contributed by atoms with E-state index in [1.165, 1.54) is 7.11 Å². The quantitative estimate of drug-likeness (QED) is 0.824. The van der Waals surface area contributed by atoms with Gasteiger partial charge in [0.25, 0.3) is 0 Å². The van der Waals surface area contributed by atoms with Gasteiger partial charge in [0.15, 0.2) is 0 Å². The third-order valence-electron chi connectivity index (χ3n) is 2.13. The number of rotatable bonds is 4. The Bertz CT molecular complexity index is 393. The lowest BCUT2D eigenvalue weighted by atomic mass is 10.2. The van der Waals surface area contributed by atoms with Crippen LogP contribution in [0.2, 0.25) is 5.02 Å². The zero-order valence-corrected chi connectivity index (χ0v) is 10.2. The summed E-state index contributed by atoms with van der Waals surface area (Å²) in [6, 6.07) is 3.53. The molecule has 0 spiro atoms. The summed E-state index contributed by atoms with van der Waals surface area (Å²) >= 11 is 5.98. The van der Waals surface area contributed by atoms with E-state index in [0.29, 0.717) is 16.5 Å². The summed E-state index contributed by atoms with van der Waals surface area (Å²) in [4.78, 5) is 11.0. The van der Waals surface area contributed by atoms with Crippen molar-refractivity contribution in [2.24, 2.45) is 0 Å². The smallest absolute Gasteiger partial charge is 0.325 e. The van der Waals surface area contributed by atoms with E-state index in [1.807, 2.05) is 13.0 Å². The number of carbonyl (C=O) groups is 1. The van der Waals surface area contributed by atoms with E-state index in [2.05, 4.69) is 10.1 Å². The first kappa shape index (κ1) is 12.6. The first-order chi connectivity index (χ1) is 7.58. The number of hydrogen-bond donors (Lipinski definition) is 1. The molecule has 0 radical (unpaired) electrons. The van der Waals surface area contributed by atoms with Gasteiger partial charge in [0.1, 0.15) is 12.3 Å². The fraction of sp³-hybridized carbons (Fsp3) is 0.364. The van der Waals surface area contributed by atoms with Gasteiger partial charge in [0.05, 0.1) is 19.9 Å². The minimum absolute atomic E-state index is 0.0756. The molecule has 0 saturated carbocycles. The monoisotopic (exact) mass is 243 g/mol. The van der Waals surface area contributed by atoms with Crippen LogP contribution in [0.15, 0.2) is 12.1 Å². The van der Waals surface area contributed by atoms with E-state index in [0.717, 1.165) is 5.56 Å². The number of hydrogen-bond acceptors (Lipinski definition) is 4. The predicted octanol–water partition coefficient (Wildman–Crippen LogP) is 2.24. The maximum Gasteiger partial charge on any atom is 0.325 e. The molecular formula is C11H14ClNO3. The van der Waals surface area contributed by atoms with E-state index in [-0.39, 0.29) is 12.5 Å². The van der Waals surface area contributed by atoms with Crippen molar-refractivity contribution < 1.29 is 14.3 Å². The van der Waals surface area contributed by atoms with Crippen LogP contribution in [0, 0.1) is 6.92 Å². The molecule has 0 aliphatic rings. The summed E-state index contributed by atoms with van der Waals surface area (Å²) in [5.74, 6) is 0.296. The highest BCUT2D eigenvalue weighted by molar-refractivity contribution is 6.31. The number of nitrogens with one attached hydrogen (secondary N) is 1. The Morgan fingerprint density at radius 1 is 1.44 bits per heavy atom. The molecule has 0 heterocycles. The van der Waals surface area contributed by atoms with Gasteiger partial charge in [-0.3, -0.25) is 4.79 Å². The SMILES string of the molecule is COC(=O)CNc1cc(Cl)c(C)cc1OC. The van der Waals surface area contributed by atoms with Crippen LogP contribution in [0.4, 0.5) is 5.69 Å². The lowest BCUT2D eigenvalue weighted by Crippen LogP contribution is -2.15. The van der Waals surface area contributed by atoms with E-state index >= 15 is 0 Å². The van der Waals surface area contributed by atoms with E-state index in [4.69, 9.17) is 16.3 Å². The number of aryl methyl sites for hydroxylation is 1.